The minimum Gasteiger partial charge on any atom is -0.392 e. The smallest absolute Gasteiger partial charge is 0.318 e. The van der Waals surface area contributed by atoms with Crippen LogP contribution >= 0.6 is 0 Å². The highest BCUT2D eigenvalue weighted by Gasteiger charge is 2.29. The van der Waals surface area contributed by atoms with E-state index >= 15 is 0 Å². The first-order valence-electron chi connectivity index (χ1n) is 9.65. The van der Waals surface area contributed by atoms with Crippen LogP contribution in [0.2, 0.25) is 0 Å². The molecule has 4 rings (SSSR count). The van der Waals surface area contributed by atoms with Gasteiger partial charge < -0.3 is 15.3 Å². The molecule has 0 aliphatic carbocycles. The molecule has 1 saturated heterocycles. The van der Waals surface area contributed by atoms with Gasteiger partial charge in [-0.1, -0.05) is 12.1 Å². The average Bonchev–Trinajstić information content (AvgIpc) is 3.17. The maximum absolute atomic E-state index is 12.7. The number of urea groups is 1. The number of nitrogens with one attached hydrogen (secondary N) is 1. The normalized spacial score (nSPS) is 19.8. The van der Waals surface area contributed by atoms with Crippen LogP contribution in [-0.2, 0) is 29.7 Å². The predicted molar refractivity (Wildman–Crippen MR) is 106 cm³/mol. The number of aliphatic hydroxyl groups excluding tert-OH is 1. The number of amides is 2. The van der Waals surface area contributed by atoms with Crippen molar-refractivity contribution < 1.29 is 18.3 Å². The van der Waals surface area contributed by atoms with Crippen LogP contribution in [-0.4, -0.2) is 52.9 Å². The Morgan fingerprint density at radius 2 is 1.93 bits per heavy atom. The first-order chi connectivity index (χ1) is 13.9. The van der Waals surface area contributed by atoms with Gasteiger partial charge in [0.05, 0.1) is 11.0 Å². The number of fused-ring (bicyclic) bond motifs is 1. The van der Waals surface area contributed by atoms with E-state index in [-0.39, 0.29) is 17.5 Å². The Balaban J connectivity index is 1.35. The summed E-state index contributed by atoms with van der Waals surface area (Å²) in [5.74, 6) is 0. The van der Waals surface area contributed by atoms with Gasteiger partial charge in [-0.3, -0.25) is 4.98 Å². The lowest BCUT2D eigenvalue weighted by Crippen LogP contribution is -2.42. The lowest BCUT2D eigenvalue weighted by Gasteiger charge is -2.29. The standard InChI is InChI=1S/C20H24N4O4S/c25-18-2-1-9-24(14-18)29(27,28)19-5-3-15(4-6-19)10-22-20(26)23-12-16-7-8-21-11-17(16)13-23/h3-8,11,18,25H,1-2,9-10,12-14H2,(H,22,26). The largest absolute Gasteiger partial charge is 0.392 e. The van der Waals surface area contributed by atoms with Gasteiger partial charge in [-0.2, -0.15) is 4.31 Å². The van der Waals surface area contributed by atoms with E-state index < -0.39 is 16.1 Å². The van der Waals surface area contributed by atoms with Crippen molar-refractivity contribution in [3.63, 3.8) is 0 Å². The minimum atomic E-state index is -3.61. The summed E-state index contributed by atoms with van der Waals surface area (Å²) in [4.78, 5) is 18.4. The van der Waals surface area contributed by atoms with Crippen molar-refractivity contribution in [1.82, 2.24) is 19.5 Å². The van der Waals surface area contributed by atoms with E-state index in [1.807, 2.05) is 6.07 Å². The molecule has 0 saturated carbocycles. The second-order valence-corrected chi connectivity index (χ2v) is 9.40. The Kier molecular flexibility index (Phi) is 5.53. The number of pyridine rings is 1. The number of sulfonamides is 1. The van der Waals surface area contributed by atoms with Crippen molar-refractivity contribution in [1.29, 1.82) is 0 Å². The molecular weight excluding hydrogens is 392 g/mol. The summed E-state index contributed by atoms with van der Waals surface area (Å²) >= 11 is 0. The molecule has 1 fully saturated rings. The molecule has 9 heteroatoms. The number of aromatic nitrogens is 1. The summed E-state index contributed by atoms with van der Waals surface area (Å²) in [5, 5.41) is 12.6. The number of carbonyl (C=O) groups is 1. The third kappa shape index (κ3) is 4.26. The Hall–Kier alpha value is -2.49. The molecule has 0 bridgehead atoms. The third-order valence-corrected chi connectivity index (χ3v) is 7.26. The van der Waals surface area contributed by atoms with E-state index in [1.165, 1.54) is 4.31 Å². The summed E-state index contributed by atoms with van der Waals surface area (Å²) in [6.07, 6.45) is 4.17. The van der Waals surface area contributed by atoms with Crippen LogP contribution < -0.4 is 5.32 Å². The molecule has 2 aromatic rings. The number of rotatable bonds is 4. The molecule has 2 aliphatic heterocycles. The van der Waals surface area contributed by atoms with Gasteiger partial charge in [0.25, 0.3) is 0 Å². The van der Waals surface area contributed by atoms with Gasteiger partial charge in [0.2, 0.25) is 10.0 Å². The average molecular weight is 417 g/mol. The molecule has 0 spiro atoms. The summed E-state index contributed by atoms with van der Waals surface area (Å²) in [6.45, 7) is 1.96. The number of hydrogen-bond acceptors (Lipinski definition) is 5. The van der Waals surface area contributed by atoms with Crippen molar-refractivity contribution in [2.45, 2.75) is 43.5 Å². The van der Waals surface area contributed by atoms with Crippen LogP contribution in [0.1, 0.15) is 29.5 Å². The first kappa shape index (κ1) is 19.8. The SMILES string of the molecule is O=C(NCc1ccc(S(=O)(=O)N2CCCC(O)C2)cc1)N1Cc2ccncc2C1. The maximum atomic E-state index is 12.7. The molecule has 2 aliphatic rings. The highest BCUT2D eigenvalue weighted by Crippen LogP contribution is 2.22. The lowest BCUT2D eigenvalue weighted by atomic mass is 10.1. The second-order valence-electron chi connectivity index (χ2n) is 7.46. The van der Waals surface area contributed by atoms with Crippen LogP contribution in [0.5, 0.6) is 0 Å². The van der Waals surface area contributed by atoms with Crippen molar-refractivity contribution >= 4 is 16.1 Å². The number of piperidine rings is 1. The fraction of sp³-hybridized carbons (Fsp3) is 0.400. The van der Waals surface area contributed by atoms with Crippen molar-refractivity contribution in [2.75, 3.05) is 13.1 Å². The van der Waals surface area contributed by atoms with Gasteiger partial charge in [0, 0.05) is 45.1 Å². The lowest BCUT2D eigenvalue weighted by molar-refractivity contribution is 0.108. The van der Waals surface area contributed by atoms with E-state index in [4.69, 9.17) is 0 Å². The van der Waals surface area contributed by atoms with E-state index in [2.05, 4.69) is 10.3 Å². The highest BCUT2D eigenvalue weighted by atomic mass is 32.2. The molecule has 0 radical (unpaired) electrons. The molecular formula is C20H24N4O4S. The molecule has 8 nitrogen and oxygen atoms in total. The van der Waals surface area contributed by atoms with Gasteiger partial charge in [-0.15, -0.1) is 0 Å². The number of carbonyl (C=O) groups excluding carboxylic acids is 1. The van der Waals surface area contributed by atoms with Crippen molar-refractivity contribution in [3.05, 3.63) is 59.4 Å². The van der Waals surface area contributed by atoms with Crippen LogP contribution in [0.4, 0.5) is 4.79 Å². The number of hydrogen-bond donors (Lipinski definition) is 2. The molecule has 154 valence electrons. The van der Waals surface area contributed by atoms with E-state index in [1.54, 1.807) is 41.6 Å². The summed E-state index contributed by atoms with van der Waals surface area (Å²) in [5.41, 5.74) is 2.97. The zero-order chi connectivity index (χ0) is 20.4. The molecule has 1 aromatic heterocycles. The zero-order valence-corrected chi connectivity index (χ0v) is 16.8. The molecule has 1 atom stereocenters. The summed E-state index contributed by atoms with van der Waals surface area (Å²) in [6, 6.07) is 8.26. The predicted octanol–water partition coefficient (Wildman–Crippen LogP) is 1.45. The number of benzene rings is 1. The molecule has 2 amide bonds. The quantitative estimate of drug-likeness (QED) is 0.785. The zero-order valence-electron chi connectivity index (χ0n) is 16.0. The van der Waals surface area contributed by atoms with Crippen LogP contribution in [0.3, 0.4) is 0 Å². The Labute approximate surface area is 170 Å². The maximum Gasteiger partial charge on any atom is 0.318 e. The van der Waals surface area contributed by atoms with Gasteiger partial charge in [-0.05, 0) is 47.7 Å². The van der Waals surface area contributed by atoms with Crippen LogP contribution in [0.15, 0.2) is 47.6 Å². The molecule has 1 aromatic carbocycles. The van der Waals surface area contributed by atoms with Crippen molar-refractivity contribution in [3.8, 4) is 0 Å². The Morgan fingerprint density at radius 3 is 2.66 bits per heavy atom. The fourth-order valence-electron chi connectivity index (χ4n) is 3.72. The fourth-order valence-corrected chi connectivity index (χ4v) is 5.24. The molecule has 3 heterocycles. The minimum absolute atomic E-state index is 0.133. The second kappa shape index (κ2) is 8.10. The van der Waals surface area contributed by atoms with Crippen LogP contribution in [0, 0.1) is 0 Å². The van der Waals surface area contributed by atoms with E-state index in [9.17, 15) is 18.3 Å². The summed E-state index contributed by atoms with van der Waals surface area (Å²) in [7, 11) is -3.61. The topological polar surface area (TPSA) is 103 Å². The molecule has 29 heavy (non-hydrogen) atoms. The third-order valence-electron chi connectivity index (χ3n) is 5.38. The number of nitrogens with zero attached hydrogens (tertiary/aromatic N) is 3. The number of β-amino-alcohol motifs (C(OH)–C–C–N with tert-alkyl or cyclic N) is 1. The summed E-state index contributed by atoms with van der Waals surface area (Å²) < 4.78 is 26.8. The van der Waals surface area contributed by atoms with E-state index in [0.717, 1.165) is 16.7 Å². The molecule has 1 unspecified atom stereocenters. The first-order valence-corrected chi connectivity index (χ1v) is 11.1. The van der Waals surface area contributed by atoms with E-state index in [0.29, 0.717) is 39.0 Å². The van der Waals surface area contributed by atoms with Crippen LogP contribution in [0.25, 0.3) is 0 Å². The number of aliphatic hydroxyl groups is 1. The Bertz CT molecular complexity index is 969. The van der Waals surface area contributed by atoms with Gasteiger partial charge in [0.1, 0.15) is 0 Å². The highest BCUT2D eigenvalue weighted by molar-refractivity contribution is 7.89. The molecule has 2 N–H and O–H groups in total. The monoisotopic (exact) mass is 416 g/mol. The Morgan fingerprint density at radius 1 is 1.17 bits per heavy atom. The van der Waals surface area contributed by atoms with Gasteiger partial charge in [-0.25, -0.2) is 13.2 Å². The van der Waals surface area contributed by atoms with Gasteiger partial charge in [0.15, 0.2) is 0 Å². The van der Waals surface area contributed by atoms with Gasteiger partial charge >= 0.3 is 6.03 Å². The van der Waals surface area contributed by atoms with Crippen molar-refractivity contribution in [2.24, 2.45) is 0 Å².